The van der Waals surface area contributed by atoms with Gasteiger partial charge in [0.25, 0.3) is 0 Å². The van der Waals surface area contributed by atoms with Crippen molar-refractivity contribution < 1.29 is 39.0 Å². The van der Waals surface area contributed by atoms with Crippen LogP contribution >= 0.6 is 0 Å². The van der Waals surface area contributed by atoms with Crippen LogP contribution < -0.4 is 32.3 Å². The Morgan fingerprint density at radius 2 is 1.22 bits per heavy atom. The van der Waals surface area contributed by atoms with E-state index in [-0.39, 0.29) is 24.0 Å². The summed E-state index contributed by atoms with van der Waals surface area (Å²) in [5, 5.41) is 30.8. The van der Waals surface area contributed by atoms with Crippen molar-refractivity contribution in [1.29, 1.82) is 0 Å². The molecule has 1 aromatic carbocycles. The van der Waals surface area contributed by atoms with Crippen molar-refractivity contribution in [3.8, 4) is 5.75 Å². The average Bonchev–Trinajstić information content (AvgIpc) is 2.88. The predicted molar refractivity (Wildman–Crippen MR) is 149 cm³/mol. The van der Waals surface area contributed by atoms with Gasteiger partial charge in [-0.2, -0.15) is 0 Å². The Labute approximate surface area is 239 Å². The van der Waals surface area contributed by atoms with Crippen molar-refractivity contribution in [3.63, 3.8) is 0 Å². The zero-order valence-electron chi connectivity index (χ0n) is 24.2. The summed E-state index contributed by atoms with van der Waals surface area (Å²) in [7, 11) is 0. The molecule has 0 unspecified atom stereocenters. The molecule has 0 spiro atoms. The second-order valence-electron chi connectivity index (χ2n) is 10.5. The second-order valence-corrected chi connectivity index (χ2v) is 10.5. The van der Waals surface area contributed by atoms with Crippen LogP contribution in [0.3, 0.4) is 0 Å². The van der Waals surface area contributed by atoms with Crippen LogP contribution in [0.4, 0.5) is 0 Å². The number of aliphatic carboxylic acids is 1. The van der Waals surface area contributed by atoms with Crippen molar-refractivity contribution in [3.05, 3.63) is 29.8 Å². The molecule has 0 bridgehead atoms. The number of amides is 5. The highest BCUT2D eigenvalue weighted by Crippen LogP contribution is 2.11. The van der Waals surface area contributed by atoms with Gasteiger partial charge in [0, 0.05) is 0 Å². The summed E-state index contributed by atoms with van der Waals surface area (Å²) in [5.74, 6) is -5.16. The highest BCUT2D eigenvalue weighted by atomic mass is 16.4. The third-order valence-electron chi connectivity index (χ3n) is 6.15. The molecule has 14 heteroatoms. The number of carboxylic acids is 1. The van der Waals surface area contributed by atoms with Gasteiger partial charge in [-0.05, 0) is 49.8 Å². The van der Waals surface area contributed by atoms with Gasteiger partial charge in [-0.1, -0.05) is 39.8 Å². The zero-order valence-corrected chi connectivity index (χ0v) is 24.2. The molecule has 5 atom stereocenters. The van der Waals surface area contributed by atoms with Crippen LogP contribution in [-0.2, 0) is 35.2 Å². The Balaban J connectivity index is 2.56. The number of aromatic hydroxyl groups is 1. The Morgan fingerprint density at radius 1 is 0.707 bits per heavy atom. The lowest BCUT2D eigenvalue weighted by Gasteiger charge is -2.26. The number of carboxylic acid groups (broad SMARTS) is 1. The van der Waals surface area contributed by atoms with Crippen LogP contribution in [0.2, 0.25) is 0 Å². The molecule has 0 saturated carbocycles. The van der Waals surface area contributed by atoms with E-state index in [0.29, 0.717) is 0 Å². The maximum Gasteiger partial charge on any atom is 0.326 e. The average molecular weight is 579 g/mol. The van der Waals surface area contributed by atoms with Crippen molar-refractivity contribution in [2.45, 2.75) is 78.2 Å². The molecular formula is C27H42N6O8. The fraction of sp³-hybridized carbons (Fsp3) is 0.556. The first-order chi connectivity index (χ1) is 19.0. The molecule has 0 heterocycles. The number of carbonyl (C=O) groups is 6. The van der Waals surface area contributed by atoms with Crippen molar-refractivity contribution >= 4 is 35.5 Å². The molecule has 0 aliphatic rings. The molecule has 5 amide bonds. The maximum absolute atomic E-state index is 12.7. The zero-order chi connectivity index (χ0) is 31.4. The van der Waals surface area contributed by atoms with Crippen LogP contribution in [0.1, 0.15) is 47.1 Å². The lowest BCUT2D eigenvalue weighted by Crippen LogP contribution is -2.58. The molecule has 0 aliphatic carbocycles. The third kappa shape index (κ3) is 11.8. The van der Waals surface area contributed by atoms with Gasteiger partial charge in [-0.15, -0.1) is 0 Å². The summed E-state index contributed by atoms with van der Waals surface area (Å²) < 4.78 is 0. The molecule has 41 heavy (non-hydrogen) atoms. The number of phenols is 1. The first-order valence-electron chi connectivity index (χ1n) is 13.3. The lowest BCUT2D eigenvalue weighted by molar-refractivity contribution is -0.143. The number of hydrogen-bond acceptors (Lipinski definition) is 8. The molecule has 0 aliphatic heterocycles. The van der Waals surface area contributed by atoms with Crippen molar-refractivity contribution in [2.24, 2.45) is 17.6 Å². The number of carbonyl (C=O) groups excluding carboxylic acids is 5. The molecule has 1 rings (SSSR count). The fourth-order valence-electron chi connectivity index (χ4n) is 3.61. The highest BCUT2D eigenvalue weighted by Gasteiger charge is 2.31. The molecule has 1 aromatic rings. The van der Waals surface area contributed by atoms with Gasteiger partial charge in [0.1, 0.15) is 29.9 Å². The van der Waals surface area contributed by atoms with E-state index >= 15 is 0 Å². The number of rotatable bonds is 15. The molecule has 9 N–H and O–H groups in total. The molecule has 14 nitrogen and oxygen atoms in total. The van der Waals surface area contributed by atoms with Crippen molar-refractivity contribution in [2.75, 3.05) is 6.54 Å². The smallest absolute Gasteiger partial charge is 0.326 e. The summed E-state index contributed by atoms with van der Waals surface area (Å²) in [5.41, 5.74) is 6.62. The second kappa shape index (κ2) is 16.2. The summed E-state index contributed by atoms with van der Waals surface area (Å²) in [4.78, 5) is 73.8. The van der Waals surface area contributed by atoms with Gasteiger partial charge < -0.3 is 42.5 Å². The van der Waals surface area contributed by atoms with Gasteiger partial charge >= 0.3 is 5.97 Å². The Bertz CT molecular complexity index is 1090. The van der Waals surface area contributed by atoms with Gasteiger partial charge in [-0.3, -0.25) is 24.0 Å². The molecule has 0 saturated heterocycles. The Kier molecular flexibility index (Phi) is 13.7. The maximum atomic E-state index is 12.7. The van der Waals surface area contributed by atoms with E-state index in [9.17, 15) is 39.0 Å². The first kappa shape index (κ1) is 34.8. The largest absolute Gasteiger partial charge is 0.508 e. The normalized spacial score (nSPS) is 14.7. The van der Waals surface area contributed by atoms with Crippen molar-refractivity contribution in [1.82, 2.24) is 26.6 Å². The van der Waals surface area contributed by atoms with E-state index in [1.807, 2.05) is 0 Å². The number of benzene rings is 1. The van der Waals surface area contributed by atoms with Gasteiger partial charge in [-0.25, -0.2) is 4.79 Å². The summed E-state index contributed by atoms with van der Waals surface area (Å²) in [6.07, 6.45) is 0.181. The molecule has 228 valence electrons. The number of nitrogens with one attached hydrogen (secondary N) is 5. The fourth-order valence-corrected chi connectivity index (χ4v) is 3.61. The van der Waals surface area contributed by atoms with Crippen LogP contribution in [0, 0.1) is 11.8 Å². The molecular weight excluding hydrogens is 536 g/mol. The third-order valence-corrected chi connectivity index (χ3v) is 6.15. The summed E-state index contributed by atoms with van der Waals surface area (Å²) in [6.45, 7) is 8.95. The minimum absolute atomic E-state index is 0.0797. The number of nitrogens with two attached hydrogens (primary N) is 1. The standard InChI is InChI=1S/C27H42N6O8/c1-13(2)21(26(39)33-22(14(3)4)27(40)41)32-24(37)16(6)30-20(35)12-29-23(36)15(5)31-25(38)19(28)11-17-7-9-18(34)10-8-17/h7-10,13-16,19,21-22,34H,11-12,28H2,1-6H3,(H,29,36)(H,30,35)(H,31,38)(H,32,37)(H,33,39)(H,40,41)/t15-,16-,19-,21-,22-/m0/s1. The Hall–Kier alpha value is -4.20. The van der Waals surface area contributed by atoms with Crippen LogP contribution in [0.5, 0.6) is 5.75 Å². The minimum Gasteiger partial charge on any atom is -0.508 e. The highest BCUT2D eigenvalue weighted by molar-refractivity contribution is 5.95. The van der Waals surface area contributed by atoms with E-state index in [1.54, 1.807) is 39.8 Å². The number of hydrogen-bond donors (Lipinski definition) is 8. The SMILES string of the molecule is CC(C)[C@H](NC(=O)[C@@H](NC(=O)[C@H](C)NC(=O)CNC(=O)[C@H](C)NC(=O)[C@@H](N)Cc1ccc(O)cc1)C(C)C)C(=O)O. The van der Waals surface area contributed by atoms with Crippen LogP contribution in [0.15, 0.2) is 24.3 Å². The summed E-state index contributed by atoms with van der Waals surface area (Å²) in [6, 6.07) is 0.960. The lowest BCUT2D eigenvalue weighted by atomic mass is 10.00. The molecule has 0 radical (unpaired) electrons. The first-order valence-corrected chi connectivity index (χ1v) is 13.3. The van der Waals surface area contributed by atoms with E-state index in [4.69, 9.17) is 5.73 Å². The van der Waals surface area contributed by atoms with Crippen LogP contribution in [-0.4, -0.2) is 82.5 Å². The van der Waals surface area contributed by atoms with E-state index in [2.05, 4.69) is 26.6 Å². The predicted octanol–water partition coefficient (Wildman–Crippen LogP) is -1.25. The van der Waals surface area contributed by atoms with Gasteiger partial charge in [0.15, 0.2) is 0 Å². The Morgan fingerprint density at radius 3 is 1.73 bits per heavy atom. The topological polar surface area (TPSA) is 229 Å². The van der Waals surface area contributed by atoms with Crippen LogP contribution in [0.25, 0.3) is 0 Å². The molecule has 0 fully saturated rings. The minimum atomic E-state index is -1.20. The molecule has 0 aromatic heterocycles. The summed E-state index contributed by atoms with van der Waals surface area (Å²) >= 11 is 0. The van der Waals surface area contributed by atoms with E-state index < -0.39 is 72.3 Å². The van der Waals surface area contributed by atoms with E-state index in [1.165, 1.54) is 26.0 Å². The monoisotopic (exact) mass is 578 g/mol. The number of phenolic OH excluding ortho intramolecular Hbond substituents is 1. The van der Waals surface area contributed by atoms with Gasteiger partial charge in [0.2, 0.25) is 29.5 Å². The van der Waals surface area contributed by atoms with E-state index in [0.717, 1.165) is 5.56 Å². The quantitative estimate of drug-likeness (QED) is 0.124. The van der Waals surface area contributed by atoms with Gasteiger partial charge in [0.05, 0.1) is 12.6 Å².